The number of nitrogens with zero attached hydrogens (tertiary/aromatic N) is 3. The zero-order valence-electron chi connectivity index (χ0n) is 54.9. The van der Waals surface area contributed by atoms with Crippen molar-refractivity contribution in [1.29, 1.82) is 0 Å². The van der Waals surface area contributed by atoms with Crippen molar-refractivity contribution < 1.29 is 0 Å². The lowest BCUT2D eigenvalue weighted by Gasteiger charge is -2.46. The van der Waals surface area contributed by atoms with Gasteiger partial charge in [-0.25, -0.2) is 0 Å². The van der Waals surface area contributed by atoms with Gasteiger partial charge in [-0.3, -0.25) is 0 Å². The maximum atomic E-state index is 2.71. The van der Waals surface area contributed by atoms with Crippen molar-refractivity contribution in [2.45, 2.75) is 79.1 Å². The molecule has 0 saturated heterocycles. The van der Waals surface area contributed by atoms with Gasteiger partial charge in [-0.1, -0.05) is 310 Å². The fourth-order valence-electron chi connectivity index (χ4n) is 15.5. The Bertz CT molecular complexity index is 4780. The van der Waals surface area contributed by atoms with Crippen LogP contribution in [0.1, 0.15) is 101 Å². The topological polar surface area (TPSA) is 11.4 Å². The van der Waals surface area contributed by atoms with Gasteiger partial charge in [0.15, 0.2) is 0 Å². The molecule has 0 atom stereocenters. The predicted molar refractivity (Wildman–Crippen MR) is 404 cm³/mol. The highest BCUT2D eigenvalue weighted by atomic mass is 15.2. The summed E-state index contributed by atoms with van der Waals surface area (Å²) in [6.45, 7) is 18.4. The summed E-state index contributed by atoms with van der Waals surface area (Å²) in [6, 6.07) is 111. The smallest absolute Gasteiger partial charge is 0.252 e. The molecule has 94 heavy (non-hydrogen) atoms. The van der Waals surface area contributed by atoms with Gasteiger partial charge in [-0.15, -0.1) is 0 Å². The molecule has 0 radical (unpaired) electrons. The monoisotopic (exact) mass is 1210 g/mol. The number of para-hydroxylation sites is 4. The maximum Gasteiger partial charge on any atom is 0.252 e. The molecule has 13 aromatic carbocycles. The van der Waals surface area contributed by atoms with Crippen molar-refractivity contribution in [3.8, 4) is 72.4 Å². The van der Waals surface area contributed by atoms with Crippen LogP contribution in [0.3, 0.4) is 0 Å². The van der Waals surface area contributed by atoms with Crippen molar-refractivity contribution in [3.63, 3.8) is 0 Å². The number of fused-ring (bicyclic) bond motifs is 7. The second-order valence-electron chi connectivity index (χ2n) is 27.1. The van der Waals surface area contributed by atoms with Gasteiger partial charge in [0, 0.05) is 55.8 Å². The highest BCUT2D eigenvalue weighted by molar-refractivity contribution is 7.00. The summed E-state index contributed by atoms with van der Waals surface area (Å²) >= 11 is 0. The summed E-state index contributed by atoms with van der Waals surface area (Å²) < 4.78 is 2.55. The molecule has 3 heterocycles. The third-order valence-electron chi connectivity index (χ3n) is 20.1. The predicted octanol–water partition coefficient (Wildman–Crippen LogP) is 23.4. The minimum atomic E-state index is -0.202. The summed E-state index contributed by atoms with van der Waals surface area (Å²) in [5.41, 5.74) is 33.6. The van der Waals surface area contributed by atoms with E-state index in [4.69, 9.17) is 0 Å². The zero-order valence-corrected chi connectivity index (χ0v) is 54.9. The van der Waals surface area contributed by atoms with Crippen molar-refractivity contribution in [3.05, 3.63) is 313 Å². The van der Waals surface area contributed by atoms with E-state index in [0.29, 0.717) is 23.7 Å². The highest BCUT2D eigenvalue weighted by Crippen LogP contribution is 2.55. The van der Waals surface area contributed by atoms with Gasteiger partial charge < -0.3 is 14.4 Å². The molecule has 0 fully saturated rings. The summed E-state index contributed by atoms with van der Waals surface area (Å²) in [5.74, 6) is 1.39. The van der Waals surface area contributed by atoms with Crippen LogP contribution in [0.2, 0.25) is 0 Å². The number of benzene rings is 13. The van der Waals surface area contributed by atoms with Crippen molar-refractivity contribution in [1.82, 2.24) is 4.57 Å². The zero-order chi connectivity index (χ0) is 63.9. The third-order valence-corrected chi connectivity index (χ3v) is 20.1. The molecular formula is C90H76BN3. The van der Waals surface area contributed by atoms with Crippen LogP contribution >= 0.6 is 0 Å². The number of rotatable bonds is 13. The van der Waals surface area contributed by atoms with E-state index in [1.165, 1.54) is 71.7 Å². The molecule has 0 unspecified atom stereocenters. The van der Waals surface area contributed by atoms with E-state index in [1.807, 2.05) is 0 Å². The molecule has 0 N–H and O–H groups in total. The first-order chi connectivity index (χ1) is 46.0. The van der Waals surface area contributed by atoms with Crippen LogP contribution in [-0.2, 0) is 0 Å². The number of hydrogen-bond acceptors (Lipinski definition) is 2. The second-order valence-corrected chi connectivity index (χ2v) is 27.1. The molecule has 1 aromatic heterocycles. The van der Waals surface area contributed by atoms with Crippen LogP contribution in [0.4, 0.5) is 34.1 Å². The summed E-state index contributed by atoms with van der Waals surface area (Å²) in [6.07, 6.45) is 0. The Labute approximate surface area is 555 Å². The van der Waals surface area contributed by atoms with Crippen molar-refractivity contribution >= 4 is 79.0 Å². The lowest BCUT2D eigenvalue weighted by atomic mass is 9.33. The van der Waals surface area contributed by atoms with Gasteiger partial charge in [0.05, 0.1) is 28.1 Å². The third kappa shape index (κ3) is 9.81. The normalized spacial score (nSPS) is 12.6. The first-order valence-electron chi connectivity index (χ1n) is 33.8. The van der Waals surface area contributed by atoms with Crippen LogP contribution in [0.5, 0.6) is 0 Å². The van der Waals surface area contributed by atoms with Gasteiger partial charge in [-0.2, -0.15) is 0 Å². The Kier molecular flexibility index (Phi) is 14.8. The van der Waals surface area contributed by atoms with E-state index in [0.717, 1.165) is 95.4 Å². The van der Waals surface area contributed by atoms with Gasteiger partial charge >= 0.3 is 0 Å². The molecule has 0 aliphatic carbocycles. The molecule has 2 aliphatic heterocycles. The van der Waals surface area contributed by atoms with Crippen LogP contribution in [0, 0.1) is 0 Å². The van der Waals surface area contributed by atoms with E-state index < -0.39 is 0 Å². The minimum Gasteiger partial charge on any atom is -0.310 e. The molecule has 4 heteroatoms. The first-order valence-corrected chi connectivity index (χ1v) is 33.8. The molecule has 0 spiro atoms. The van der Waals surface area contributed by atoms with Crippen LogP contribution in [-0.4, -0.2) is 11.3 Å². The van der Waals surface area contributed by atoms with Gasteiger partial charge in [0.1, 0.15) is 0 Å². The average molecular weight is 1210 g/mol. The molecule has 454 valence electrons. The number of anilines is 6. The largest absolute Gasteiger partial charge is 0.310 e. The first kappa shape index (κ1) is 58.4. The molecular weight excluding hydrogens is 1130 g/mol. The standard InChI is InChI=1S/C90H76BN3/c1-57(2)65-43-47-70(78(51-65)59(5)6)67-45-49-80-84(53-67)93(89-72(61-27-13-9-14-28-61)37-25-38-73(89)62-29-15-10-16-30-62)86-55-69(92-82-41-23-21-35-76(82)77-36-22-24-42-83(77)92)56-87-88(86)91(80)81-50-46-68(71-48-44-66(58(3)4)52-79(71)60(7)8)54-85(81)94(87)90-74(63-31-17-11-18-32-63)39-26-40-75(90)64-33-19-12-20-34-64/h9-60H,1-8H3. The highest BCUT2D eigenvalue weighted by Gasteiger charge is 2.46. The number of hydrogen-bond donors (Lipinski definition) is 0. The van der Waals surface area contributed by atoms with E-state index >= 15 is 0 Å². The molecule has 3 nitrogen and oxygen atoms in total. The van der Waals surface area contributed by atoms with E-state index in [9.17, 15) is 0 Å². The fourth-order valence-corrected chi connectivity index (χ4v) is 15.5. The number of aromatic nitrogens is 1. The fraction of sp³-hybridized carbons (Fsp3) is 0.133. The van der Waals surface area contributed by atoms with Crippen LogP contribution in [0.15, 0.2) is 291 Å². The Hall–Kier alpha value is -10.7. The summed E-state index contributed by atoms with van der Waals surface area (Å²) in [7, 11) is 0. The minimum absolute atomic E-state index is 0.202. The van der Waals surface area contributed by atoms with E-state index in [-0.39, 0.29) is 6.71 Å². The lowest BCUT2D eigenvalue weighted by molar-refractivity contribution is 0.835. The van der Waals surface area contributed by atoms with E-state index in [2.05, 4.69) is 361 Å². The second kappa shape index (κ2) is 23.8. The molecule has 0 amide bonds. The maximum absolute atomic E-state index is 2.71. The lowest BCUT2D eigenvalue weighted by Crippen LogP contribution is -2.61. The van der Waals surface area contributed by atoms with Crippen molar-refractivity contribution in [2.24, 2.45) is 0 Å². The van der Waals surface area contributed by atoms with Crippen molar-refractivity contribution in [2.75, 3.05) is 9.80 Å². The quantitative estimate of drug-likeness (QED) is 0.107. The molecule has 0 bridgehead atoms. The Morgan fingerprint density at radius 2 is 0.617 bits per heavy atom. The molecule has 0 saturated carbocycles. The summed E-state index contributed by atoms with van der Waals surface area (Å²) in [4.78, 5) is 5.41. The van der Waals surface area contributed by atoms with Crippen LogP contribution in [0.25, 0.3) is 94.3 Å². The van der Waals surface area contributed by atoms with Gasteiger partial charge in [0.25, 0.3) is 6.71 Å². The molecule has 14 aromatic rings. The molecule has 16 rings (SSSR count). The van der Waals surface area contributed by atoms with Crippen LogP contribution < -0.4 is 26.2 Å². The van der Waals surface area contributed by atoms with Gasteiger partial charge in [-0.05, 0) is 143 Å². The Morgan fingerprint density at radius 3 is 0.968 bits per heavy atom. The summed E-state index contributed by atoms with van der Waals surface area (Å²) in [5, 5.41) is 2.44. The van der Waals surface area contributed by atoms with Gasteiger partial charge in [0.2, 0.25) is 0 Å². The average Bonchev–Trinajstić information content (AvgIpc) is 0.768. The SMILES string of the molecule is CC(C)c1ccc(-c2ccc3c(c2)N(c2c(-c4ccccc4)cccc2-c2ccccc2)c2cc(-n4c5ccccc5c5ccccc54)cc4c2B3c2ccc(-c3ccc(C(C)C)cc3C(C)C)cc2N4c2c(-c3ccccc3)cccc2-c2ccccc2)c(C(C)C)c1. The Morgan fingerprint density at radius 1 is 0.266 bits per heavy atom. The molecule has 2 aliphatic rings. The Balaban J connectivity index is 1.11. The van der Waals surface area contributed by atoms with E-state index in [1.54, 1.807) is 0 Å².